The van der Waals surface area contributed by atoms with Crippen LogP contribution in [-0.4, -0.2) is 37.4 Å². The van der Waals surface area contributed by atoms with Gasteiger partial charge in [-0.15, -0.1) is 0 Å². The number of carbonyl (C=O) groups is 1. The average molecular weight is 354 g/mol. The lowest BCUT2D eigenvalue weighted by Crippen LogP contribution is -2.28. The number of sulfonamides is 1. The number of hydrogen-bond acceptors (Lipinski definition) is 3. The average Bonchev–Trinajstić information content (AvgIpc) is 2.40. The Morgan fingerprint density at radius 1 is 1.29 bits per heavy atom. The standard InChI is InChI=1S/C13H17Cl2NO4S/c1-9-10(14)6-7-11(13(9)15)21(19,20)16(2)8-4-3-5-12(17)18/h6-7H,3-5,8H2,1-2H3,(H,17,18). The first-order chi connectivity index (χ1) is 9.67. The maximum absolute atomic E-state index is 12.4. The third-order valence-corrected chi connectivity index (χ3v) is 5.99. The molecular formula is C13H17Cl2NO4S. The Balaban J connectivity index is 2.86. The molecule has 1 aromatic carbocycles. The fourth-order valence-electron chi connectivity index (χ4n) is 1.73. The Morgan fingerprint density at radius 2 is 1.90 bits per heavy atom. The van der Waals surface area contributed by atoms with E-state index in [1.807, 2.05) is 0 Å². The number of unbranched alkanes of at least 4 members (excludes halogenated alkanes) is 1. The molecule has 1 rings (SSSR count). The largest absolute Gasteiger partial charge is 0.481 e. The zero-order chi connectivity index (χ0) is 16.2. The van der Waals surface area contributed by atoms with Crippen molar-refractivity contribution in [2.24, 2.45) is 0 Å². The second-order valence-corrected chi connectivity index (χ2v) is 7.46. The van der Waals surface area contributed by atoms with E-state index in [1.165, 1.54) is 23.5 Å². The summed E-state index contributed by atoms with van der Waals surface area (Å²) in [6, 6.07) is 2.87. The minimum atomic E-state index is -3.71. The summed E-state index contributed by atoms with van der Waals surface area (Å²) < 4.78 is 26.0. The van der Waals surface area contributed by atoms with E-state index in [-0.39, 0.29) is 22.9 Å². The minimum absolute atomic E-state index is 0.00630. The van der Waals surface area contributed by atoms with Gasteiger partial charge in [-0.2, -0.15) is 0 Å². The van der Waals surface area contributed by atoms with Gasteiger partial charge in [0.25, 0.3) is 0 Å². The second kappa shape index (κ2) is 7.45. The van der Waals surface area contributed by atoms with Crippen LogP contribution in [0.25, 0.3) is 0 Å². The lowest BCUT2D eigenvalue weighted by molar-refractivity contribution is -0.137. The van der Waals surface area contributed by atoms with Gasteiger partial charge in [-0.1, -0.05) is 23.2 Å². The van der Waals surface area contributed by atoms with Crippen molar-refractivity contribution in [2.75, 3.05) is 13.6 Å². The molecular weight excluding hydrogens is 337 g/mol. The van der Waals surface area contributed by atoms with Gasteiger partial charge in [0, 0.05) is 25.0 Å². The van der Waals surface area contributed by atoms with Gasteiger partial charge in [0.1, 0.15) is 4.90 Å². The molecule has 0 atom stereocenters. The van der Waals surface area contributed by atoms with Gasteiger partial charge in [-0.25, -0.2) is 12.7 Å². The summed E-state index contributed by atoms with van der Waals surface area (Å²) in [4.78, 5) is 10.4. The lowest BCUT2D eigenvalue weighted by Gasteiger charge is -2.18. The van der Waals surface area contributed by atoms with Gasteiger partial charge in [0.15, 0.2) is 0 Å². The van der Waals surface area contributed by atoms with Crippen LogP contribution in [0.5, 0.6) is 0 Å². The molecule has 0 radical (unpaired) electrons. The molecule has 0 bridgehead atoms. The first-order valence-electron chi connectivity index (χ1n) is 6.30. The molecule has 0 fully saturated rings. The molecule has 8 heteroatoms. The van der Waals surface area contributed by atoms with E-state index in [4.69, 9.17) is 28.3 Å². The quantitative estimate of drug-likeness (QED) is 0.763. The zero-order valence-corrected chi connectivity index (χ0v) is 14.1. The second-order valence-electron chi connectivity index (χ2n) is 4.66. The van der Waals surface area contributed by atoms with Crippen molar-refractivity contribution in [3.05, 3.63) is 27.7 Å². The van der Waals surface area contributed by atoms with E-state index in [0.717, 1.165) is 0 Å². The molecule has 0 amide bonds. The van der Waals surface area contributed by atoms with Gasteiger partial charge in [0.05, 0.1) is 5.02 Å². The summed E-state index contributed by atoms with van der Waals surface area (Å²) in [7, 11) is -2.27. The Morgan fingerprint density at radius 3 is 2.48 bits per heavy atom. The van der Waals surface area contributed by atoms with Crippen LogP contribution >= 0.6 is 23.2 Å². The van der Waals surface area contributed by atoms with Crippen molar-refractivity contribution < 1.29 is 18.3 Å². The van der Waals surface area contributed by atoms with E-state index in [1.54, 1.807) is 6.92 Å². The molecule has 0 aliphatic carbocycles. The van der Waals surface area contributed by atoms with Gasteiger partial charge >= 0.3 is 5.97 Å². The Labute approximate surface area is 134 Å². The first-order valence-corrected chi connectivity index (χ1v) is 8.50. The van der Waals surface area contributed by atoms with Crippen LogP contribution in [0.4, 0.5) is 0 Å². The molecule has 1 N–H and O–H groups in total. The molecule has 118 valence electrons. The molecule has 0 heterocycles. The Kier molecular flexibility index (Phi) is 6.46. The highest BCUT2D eigenvalue weighted by Crippen LogP contribution is 2.31. The number of rotatable bonds is 7. The number of hydrogen-bond donors (Lipinski definition) is 1. The van der Waals surface area contributed by atoms with Crippen LogP contribution in [0.3, 0.4) is 0 Å². The van der Waals surface area contributed by atoms with Crippen LogP contribution in [-0.2, 0) is 14.8 Å². The van der Waals surface area contributed by atoms with Gasteiger partial charge in [0.2, 0.25) is 10.0 Å². The summed E-state index contributed by atoms with van der Waals surface area (Å²) in [5, 5.41) is 9.06. The van der Waals surface area contributed by atoms with Crippen molar-refractivity contribution in [1.82, 2.24) is 4.31 Å². The van der Waals surface area contributed by atoms with E-state index >= 15 is 0 Å². The van der Waals surface area contributed by atoms with Gasteiger partial charge in [-0.3, -0.25) is 4.79 Å². The number of aliphatic carboxylic acids is 1. The smallest absolute Gasteiger partial charge is 0.303 e. The van der Waals surface area contributed by atoms with Crippen LogP contribution in [0.1, 0.15) is 24.8 Å². The van der Waals surface area contributed by atoms with Crippen molar-refractivity contribution in [1.29, 1.82) is 0 Å². The normalized spacial score (nSPS) is 11.9. The number of halogens is 2. The van der Waals surface area contributed by atoms with Crippen molar-refractivity contribution >= 4 is 39.2 Å². The SMILES string of the molecule is Cc1c(Cl)ccc(S(=O)(=O)N(C)CCCCC(=O)O)c1Cl. The predicted octanol–water partition coefficient (Wildman–Crippen LogP) is 3.18. The third-order valence-electron chi connectivity index (χ3n) is 3.09. The molecule has 0 unspecified atom stereocenters. The van der Waals surface area contributed by atoms with Crippen LogP contribution in [0.15, 0.2) is 17.0 Å². The summed E-state index contributed by atoms with van der Waals surface area (Å²) in [6.07, 6.45) is 0.906. The van der Waals surface area contributed by atoms with E-state index in [2.05, 4.69) is 0 Å². The zero-order valence-electron chi connectivity index (χ0n) is 11.8. The first kappa shape index (κ1) is 18.2. The monoisotopic (exact) mass is 353 g/mol. The van der Waals surface area contributed by atoms with Crippen LogP contribution < -0.4 is 0 Å². The van der Waals surface area contributed by atoms with Crippen molar-refractivity contribution in [3.8, 4) is 0 Å². The summed E-state index contributed by atoms with van der Waals surface area (Å²) in [6.45, 7) is 1.88. The summed E-state index contributed by atoms with van der Waals surface area (Å²) in [5.74, 6) is -0.892. The van der Waals surface area contributed by atoms with Gasteiger partial charge < -0.3 is 5.11 Å². The maximum atomic E-state index is 12.4. The molecule has 5 nitrogen and oxygen atoms in total. The molecule has 0 spiro atoms. The highest BCUT2D eigenvalue weighted by Gasteiger charge is 2.24. The lowest BCUT2D eigenvalue weighted by atomic mass is 10.2. The van der Waals surface area contributed by atoms with E-state index < -0.39 is 16.0 Å². The highest BCUT2D eigenvalue weighted by atomic mass is 35.5. The molecule has 0 aromatic heterocycles. The Bertz CT molecular complexity index is 631. The van der Waals surface area contributed by atoms with Crippen LogP contribution in [0, 0.1) is 6.92 Å². The molecule has 0 aliphatic rings. The van der Waals surface area contributed by atoms with Crippen molar-refractivity contribution in [2.45, 2.75) is 31.1 Å². The van der Waals surface area contributed by atoms with Gasteiger partial charge in [-0.05, 0) is 37.5 Å². The summed E-state index contributed by atoms with van der Waals surface area (Å²) >= 11 is 12.0. The number of carboxylic acid groups (broad SMARTS) is 1. The number of nitrogens with zero attached hydrogens (tertiary/aromatic N) is 1. The van der Waals surface area contributed by atoms with E-state index in [9.17, 15) is 13.2 Å². The van der Waals surface area contributed by atoms with Crippen molar-refractivity contribution in [3.63, 3.8) is 0 Å². The van der Waals surface area contributed by atoms with Crippen LogP contribution in [0.2, 0.25) is 10.0 Å². The highest BCUT2D eigenvalue weighted by molar-refractivity contribution is 7.89. The third kappa shape index (κ3) is 4.57. The fraction of sp³-hybridized carbons (Fsp3) is 0.462. The Hall–Kier alpha value is -0.820. The molecule has 1 aromatic rings. The minimum Gasteiger partial charge on any atom is -0.481 e. The fourth-order valence-corrected chi connectivity index (χ4v) is 3.72. The molecule has 0 saturated heterocycles. The molecule has 21 heavy (non-hydrogen) atoms. The van der Waals surface area contributed by atoms with E-state index in [0.29, 0.717) is 23.4 Å². The number of benzene rings is 1. The number of carboxylic acids is 1. The molecule has 0 aliphatic heterocycles. The maximum Gasteiger partial charge on any atom is 0.303 e. The topological polar surface area (TPSA) is 74.7 Å². The molecule has 0 saturated carbocycles. The summed E-state index contributed by atoms with van der Waals surface area (Å²) in [5.41, 5.74) is 0.513. The predicted molar refractivity (Wildman–Crippen MR) is 82.5 cm³/mol.